The molecule has 0 spiro atoms. The van der Waals surface area contributed by atoms with Crippen LogP contribution in [0.25, 0.3) is 0 Å². The number of halogens is 2. The van der Waals surface area contributed by atoms with Crippen LogP contribution in [0, 0.1) is 5.82 Å². The van der Waals surface area contributed by atoms with Crippen molar-refractivity contribution in [2.24, 2.45) is 0 Å². The second-order valence-electron chi connectivity index (χ2n) is 2.44. The molecular weight excluding hydrogens is 255 g/mol. The highest BCUT2D eigenvalue weighted by atomic mass is 79.9. The number of carbonyl (C=O) groups excluding carboxylic acids is 1. The van der Waals surface area contributed by atoms with Gasteiger partial charge in [-0.15, -0.1) is 0 Å². The second-order valence-corrected chi connectivity index (χ2v) is 3.23. The molecular formula is C9H8BrFO3. The summed E-state index contributed by atoms with van der Waals surface area (Å²) < 4.78 is 22.8. The third-order valence-corrected chi connectivity index (χ3v) is 2.35. The average molecular weight is 263 g/mol. The molecule has 3 nitrogen and oxygen atoms in total. The van der Waals surface area contributed by atoms with Crippen molar-refractivity contribution in [2.75, 3.05) is 13.9 Å². The smallest absolute Gasteiger partial charge is 0.188 e. The summed E-state index contributed by atoms with van der Waals surface area (Å²) in [6, 6.07) is 2.59. The fourth-order valence-electron chi connectivity index (χ4n) is 0.907. The molecule has 0 atom stereocenters. The molecule has 14 heavy (non-hydrogen) atoms. The van der Waals surface area contributed by atoms with Crippen molar-refractivity contribution < 1.29 is 18.7 Å². The molecule has 0 amide bonds. The van der Waals surface area contributed by atoms with Gasteiger partial charge in [-0.25, -0.2) is 4.39 Å². The number of rotatable bonds is 4. The summed E-state index contributed by atoms with van der Waals surface area (Å²) in [4.78, 5) is 10.6. The third-order valence-electron chi connectivity index (χ3n) is 1.54. The summed E-state index contributed by atoms with van der Waals surface area (Å²) in [6.45, 7) is 0.0128. The molecule has 0 unspecified atom stereocenters. The lowest BCUT2D eigenvalue weighted by Crippen LogP contribution is -2.02. The van der Waals surface area contributed by atoms with Gasteiger partial charge in [0.2, 0.25) is 0 Å². The van der Waals surface area contributed by atoms with Crippen molar-refractivity contribution in [1.29, 1.82) is 0 Å². The van der Waals surface area contributed by atoms with Crippen LogP contribution in [0.1, 0.15) is 10.4 Å². The van der Waals surface area contributed by atoms with Gasteiger partial charge in [-0.3, -0.25) is 4.79 Å². The van der Waals surface area contributed by atoms with Gasteiger partial charge in [-0.1, -0.05) is 0 Å². The molecule has 5 heteroatoms. The first-order valence-corrected chi connectivity index (χ1v) is 4.55. The van der Waals surface area contributed by atoms with E-state index in [0.717, 1.165) is 0 Å². The van der Waals surface area contributed by atoms with E-state index in [1.54, 1.807) is 0 Å². The van der Waals surface area contributed by atoms with Crippen LogP contribution >= 0.6 is 15.9 Å². The Morgan fingerprint density at radius 3 is 2.86 bits per heavy atom. The van der Waals surface area contributed by atoms with Crippen LogP contribution < -0.4 is 4.74 Å². The van der Waals surface area contributed by atoms with E-state index in [2.05, 4.69) is 20.7 Å². The number of hydrogen-bond donors (Lipinski definition) is 0. The maximum Gasteiger partial charge on any atom is 0.188 e. The first kappa shape index (κ1) is 11.1. The first-order chi connectivity index (χ1) is 6.70. The number of carbonyl (C=O) groups is 1. The largest absolute Gasteiger partial charge is 0.467 e. The second kappa shape index (κ2) is 5.07. The van der Waals surface area contributed by atoms with Gasteiger partial charge in [0.15, 0.2) is 13.1 Å². The fourth-order valence-corrected chi connectivity index (χ4v) is 1.33. The van der Waals surface area contributed by atoms with Crippen molar-refractivity contribution in [1.82, 2.24) is 0 Å². The van der Waals surface area contributed by atoms with Crippen LogP contribution in [-0.4, -0.2) is 20.2 Å². The molecule has 1 rings (SSSR count). The topological polar surface area (TPSA) is 35.5 Å². The van der Waals surface area contributed by atoms with E-state index in [1.807, 2.05) is 0 Å². The Hall–Kier alpha value is -0.940. The summed E-state index contributed by atoms with van der Waals surface area (Å²) in [7, 11) is 1.46. The Bertz CT molecular complexity index is 341. The highest BCUT2D eigenvalue weighted by Crippen LogP contribution is 2.27. The molecule has 0 radical (unpaired) electrons. The molecule has 0 fully saturated rings. The summed E-state index contributed by atoms with van der Waals surface area (Å²) in [5, 5.41) is 0. The van der Waals surface area contributed by atoms with Crippen molar-refractivity contribution in [3.05, 3.63) is 28.0 Å². The van der Waals surface area contributed by atoms with Crippen molar-refractivity contribution in [3.63, 3.8) is 0 Å². The highest BCUT2D eigenvalue weighted by Gasteiger charge is 2.11. The summed E-state index contributed by atoms with van der Waals surface area (Å²) >= 11 is 2.96. The molecule has 0 saturated carbocycles. The predicted octanol–water partition coefficient (Wildman–Crippen LogP) is 2.38. The third kappa shape index (κ3) is 2.30. The Kier molecular flexibility index (Phi) is 4.03. The van der Waals surface area contributed by atoms with Crippen molar-refractivity contribution in [2.45, 2.75) is 0 Å². The highest BCUT2D eigenvalue weighted by molar-refractivity contribution is 9.10. The predicted molar refractivity (Wildman–Crippen MR) is 52.0 cm³/mol. The molecule has 0 saturated heterocycles. The van der Waals surface area contributed by atoms with E-state index in [1.165, 1.54) is 19.2 Å². The lowest BCUT2D eigenvalue weighted by molar-refractivity contribution is 0.0504. The van der Waals surface area contributed by atoms with Gasteiger partial charge in [0, 0.05) is 7.11 Å². The number of benzene rings is 1. The van der Waals surface area contributed by atoms with Gasteiger partial charge in [-0.05, 0) is 28.1 Å². The minimum atomic E-state index is -0.503. The molecule has 0 heterocycles. The van der Waals surface area contributed by atoms with Gasteiger partial charge in [0.05, 0.1) is 10.0 Å². The first-order valence-electron chi connectivity index (χ1n) is 3.75. The van der Waals surface area contributed by atoms with Gasteiger partial charge in [-0.2, -0.15) is 0 Å². The van der Waals surface area contributed by atoms with E-state index < -0.39 is 5.82 Å². The van der Waals surface area contributed by atoms with Crippen molar-refractivity contribution in [3.8, 4) is 5.75 Å². The molecule has 0 N–H and O–H groups in total. The summed E-state index contributed by atoms with van der Waals surface area (Å²) in [5.74, 6) is -0.216. The van der Waals surface area contributed by atoms with E-state index in [-0.39, 0.29) is 22.6 Å². The average Bonchev–Trinajstić information content (AvgIpc) is 2.20. The zero-order valence-corrected chi connectivity index (χ0v) is 9.01. The zero-order valence-electron chi connectivity index (χ0n) is 7.42. The zero-order chi connectivity index (χ0) is 10.6. The monoisotopic (exact) mass is 262 g/mol. The van der Waals surface area contributed by atoms with Crippen LogP contribution in [-0.2, 0) is 4.74 Å². The number of aldehydes is 1. The van der Waals surface area contributed by atoms with E-state index in [0.29, 0.717) is 6.29 Å². The van der Waals surface area contributed by atoms with Crippen molar-refractivity contribution >= 4 is 22.2 Å². The van der Waals surface area contributed by atoms with Gasteiger partial charge >= 0.3 is 0 Å². The molecule has 0 aliphatic rings. The maximum atomic E-state index is 13.0. The van der Waals surface area contributed by atoms with Gasteiger partial charge in [0.1, 0.15) is 11.6 Å². The molecule has 0 aliphatic heterocycles. The lowest BCUT2D eigenvalue weighted by atomic mass is 10.2. The number of methoxy groups -OCH3 is 1. The minimum absolute atomic E-state index is 0.0128. The standard InChI is InChI=1S/C9H8BrFO3/c1-13-5-14-8-3-2-7(11)9(10)6(8)4-12/h2-4H,5H2,1H3. The van der Waals surface area contributed by atoms with Crippen LogP contribution in [0.4, 0.5) is 4.39 Å². The van der Waals surface area contributed by atoms with Gasteiger partial charge in [0.25, 0.3) is 0 Å². The van der Waals surface area contributed by atoms with Crippen LogP contribution in [0.3, 0.4) is 0 Å². The molecule has 0 bridgehead atoms. The lowest BCUT2D eigenvalue weighted by Gasteiger charge is -2.08. The number of hydrogen-bond acceptors (Lipinski definition) is 3. The molecule has 1 aromatic carbocycles. The van der Waals surface area contributed by atoms with Crippen LogP contribution in [0.5, 0.6) is 5.75 Å². The van der Waals surface area contributed by atoms with E-state index in [4.69, 9.17) is 4.74 Å². The normalized spacial score (nSPS) is 9.93. The summed E-state index contributed by atoms with van der Waals surface area (Å²) in [5.41, 5.74) is 0.141. The van der Waals surface area contributed by atoms with E-state index >= 15 is 0 Å². The molecule has 0 aliphatic carbocycles. The van der Waals surface area contributed by atoms with Gasteiger partial charge < -0.3 is 9.47 Å². The Morgan fingerprint density at radius 1 is 1.57 bits per heavy atom. The summed E-state index contributed by atoms with van der Waals surface area (Å²) in [6.07, 6.45) is 0.526. The number of ether oxygens (including phenoxy) is 2. The van der Waals surface area contributed by atoms with Crippen LogP contribution in [0.2, 0.25) is 0 Å². The van der Waals surface area contributed by atoms with E-state index in [9.17, 15) is 9.18 Å². The van der Waals surface area contributed by atoms with Crippen LogP contribution in [0.15, 0.2) is 16.6 Å². The Labute approximate surface area is 88.9 Å². The molecule has 1 aromatic rings. The molecule has 0 aromatic heterocycles. The minimum Gasteiger partial charge on any atom is -0.467 e. The quantitative estimate of drug-likeness (QED) is 0.618. The fraction of sp³-hybridized carbons (Fsp3) is 0.222. The Balaban J connectivity index is 3.04. The molecule has 76 valence electrons. The maximum absolute atomic E-state index is 13.0. The SMILES string of the molecule is COCOc1ccc(F)c(Br)c1C=O. The Morgan fingerprint density at radius 2 is 2.29 bits per heavy atom.